The number of nitrogen functional groups attached to an aromatic ring is 2. The number of nitriles is 1. The van der Waals surface area contributed by atoms with Crippen LogP contribution >= 0.6 is 0 Å². The molecule has 10 heteroatoms. The highest BCUT2D eigenvalue weighted by Crippen LogP contribution is 2.35. The molecule has 0 bridgehead atoms. The Hall–Kier alpha value is -5.17. The Morgan fingerprint density at radius 1 is 1.21 bits per heavy atom. The molecular weight excluding hydrogens is 494 g/mol. The van der Waals surface area contributed by atoms with E-state index in [1.807, 2.05) is 42.5 Å². The lowest BCUT2D eigenvalue weighted by molar-refractivity contribution is -0.128. The van der Waals surface area contributed by atoms with Crippen LogP contribution in [-0.2, 0) is 11.2 Å². The highest BCUT2D eigenvalue weighted by Gasteiger charge is 2.27. The van der Waals surface area contributed by atoms with Crippen molar-refractivity contribution >= 4 is 30.0 Å². The van der Waals surface area contributed by atoms with Crippen LogP contribution in [0, 0.1) is 11.3 Å². The molecular formula is C29H29N7O3. The van der Waals surface area contributed by atoms with Crippen LogP contribution in [0.5, 0.6) is 11.5 Å². The molecule has 39 heavy (non-hydrogen) atoms. The zero-order valence-electron chi connectivity index (χ0n) is 21.7. The number of hydrogen-bond acceptors (Lipinski definition) is 9. The molecule has 198 valence electrons. The molecule has 1 atom stereocenters. The standard InChI is InChI=1S/C29H29N7O3/c1-38-25-16-19(15-22-17-33-29(32)35-28(22)31)14-20(27(25)39-2)11-12-26(37)36-24(10-4-3-7-13-30)23-9-6-5-8-21(23)18-34-36/h3,5-9,11-12,14,16-18,24H,4,10,15H2,1-2H3,(H4,31,32,33,35)/b7-3-,12-11+. The molecule has 10 nitrogen and oxygen atoms in total. The quantitative estimate of drug-likeness (QED) is 0.315. The Labute approximate surface area is 226 Å². The molecule has 0 saturated carbocycles. The van der Waals surface area contributed by atoms with E-state index in [-0.39, 0.29) is 17.9 Å². The summed E-state index contributed by atoms with van der Waals surface area (Å²) in [6.45, 7) is 0. The second-order valence-corrected chi connectivity index (χ2v) is 8.75. The van der Waals surface area contributed by atoms with Gasteiger partial charge in [0.15, 0.2) is 11.5 Å². The molecule has 4 N–H and O–H groups in total. The molecule has 0 spiro atoms. The monoisotopic (exact) mass is 523 g/mol. The Balaban J connectivity index is 1.63. The highest BCUT2D eigenvalue weighted by molar-refractivity contribution is 5.95. The van der Waals surface area contributed by atoms with Crippen molar-refractivity contribution in [2.75, 3.05) is 25.7 Å². The summed E-state index contributed by atoms with van der Waals surface area (Å²) in [6.07, 6.45) is 11.3. The number of amides is 1. The smallest absolute Gasteiger partial charge is 0.267 e. The molecule has 1 aromatic heterocycles. The van der Waals surface area contributed by atoms with Gasteiger partial charge in [0.25, 0.3) is 5.91 Å². The van der Waals surface area contributed by atoms with Gasteiger partial charge in [-0.05, 0) is 47.7 Å². The maximum atomic E-state index is 13.4. The second-order valence-electron chi connectivity index (χ2n) is 8.75. The average molecular weight is 524 g/mol. The summed E-state index contributed by atoms with van der Waals surface area (Å²) in [5, 5.41) is 14.7. The third-order valence-corrected chi connectivity index (χ3v) is 6.28. The van der Waals surface area contributed by atoms with Crippen LogP contribution in [0.4, 0.5) is 11.8 Å². The van der Waals surface area contributed by atoms with E-state index in [0.29, 0.717) is 47.7 Å². The fourth-order valence-electron chi connectivity index (χ4n) is 4.45. The number of fused-ring (bicyclic) bond motifs is 1. The van der Waals surface area contributed by atoms with Gasteiger partial charge in [-0.15, -0.1) is 0 Å². The summed E-state index contributed by atoms with van der Waals surface area (Å²) in [7, 11) is 3.09. The molecule has 0 saturated heterocycles. The molecule has 2 heterocycles. The molecule has 0 aliphatic carbocycles. The van der Waals surface area contributed by atoms with E-state index in [2.05, 4.69) is 15.1 Å². The first-order valence-corrected chi connectivity index (χ1v) is 12.3. The summed E-state index contributed by atoms with van der Waals surface area (Å²) < 4.78 is 11.2. The van der Waals surface area contributed by atoms with Crippen LogP contribution in [0.2, 0.25) is 0 Å². The number of allylic oxidation sites excluding steroid dienone is 2. The van der Waals surface area contributed by atoms with Crippen molar-refractivity contribution in [3.8, 4) is 17.6 Å². The average Bonchev–Trinajstić information content (AvgIpc) is 2.95. The van der Waals surface area contributed by atoms with Crippen molar-refractivity contribution in [2.24, 2.45) is 5.10 Å². The number of nitrogens with zero attached hydrogens (tertiary/aromatic N) is 5. The van der Waals surface area contributed by atoms with Crippen molar-refractivity contribution in [3.05, 3.63) is 88.6 Å². The van der Waals surface area contributed by atoms with Crippen LogP contribution in [0.25, 0.3) is 6.08 Å². The molecule has 2 aromatic carbocycles. The normalized spacial score (nSPS) is 14.4. The van der Waals surface area contributed by atoms with Crippen molar-refractivity contribution < 1.29 is 14.3 Å². The van der Waals surface area contributed by atoms with E-state index in [9.17, 15) is 4.79 Å². The van der Waals surface area contributed by atoms with Crippen LogP contribution in [0.1, 0.15) is 46.7 Å². The molecule has 1 amide bonds. The van der Waals surface area contributed by atoms with Gasteiger partial charge in [0, 0.05) is 35.9 Å². The number of rotatable bonds is 9. The van der Waals surface area contributed by atoms with E-state index >= 15 is 0 Å². The van der Waals surface area contributed by atoms with Crippen molar-refractivity contribution in [2.45, 2.75) is 25.3 Å². The van der Waals surface area contributed by atoms with Crippen molar-refractivity contribution in [1.29, 1.82) is 5.26 Å². The van der Waals surface area contributed by atoms with E-state index in [0.717, 1.165) is 16.7 Å². The van der Waals surface area contributed by atoms with Crippen LogP contribution in [0.3, 0.4) is 0 Å². The first-order valence-electron chi connectivity index (χ1n) is 12.3. The topological polar surface area (TPSA) is 153 Å². The fraction of sp³-hybridized carbons (Fsp3) is 0.207. The lowest BCUT2D eigenvalue weighted by Crippen LogP contribution is -2.32. The minimum atomic E-state index is -0.294. The molecule has 3 aromatic rings. The Bertz CT molecular complexity index is 1490. The maximum Gasteiger partial charge on any atom is 0.267 e. The predicted octanol–water partition coefficient (Wildman–Crippen LogP) is 4.04. The molecule has 1 aliphatic rings. The van der Waals surface area contributed by atoms with Gasteiger partial charge in [0.1, 0.15) is 5.82 Å². The summed E-state index contributed by atoms with van der Waals surface area (Å²) in [6, 6.07) is 13.3. The first kappa shape index (κ1) is 26.9. The Kier molecular flexibility index (Phi) is 8.53. The third-order valence-electron chi connectivity index (χ3n) is 6.28. The van der Waals surface area contributed by atoms with Gasteiger partial charge >= 0.3 is 0 Å². The van der Waals surface area contributed by atoms with E-state index in [1.54, 1.807) is 38.8 Å². The van der Waals surface area contributed by atoms with Crippen LogP contribution in [0.15, 0.2) is 65.9 Å². The lowest BCUT2D eigenvalue weighted by atomic mass is 9.95. The number of aromatic nitrogens is 2. The number of hydrogen-bond donors (Lipinski definition) is 2. The highest BCUT2D eigenvalue weighted by atomic mass is 16.5. The largest absolute Gasteiger partial charge is 0.493 e. The van der Waals surface area contributed by atoms with E-state index in [1.165, 1.54) is 17.2 Å². The number of methoxy groups -OCH3 is 2. The van der Waals surface area contributed by atoms with Gasteiger partial charge in [-0.3, -0.25) is 4.79 Å². The van der Waals surface area contributed by atoms with Crippen molar-refractivity contribution in [1.82, 2.24) is 15.0 Å². The van der Waals surface area contributed by atoms with Crippen LogP contribution in [-0.4, -0.2) is 41.3 Å². The summed E-state index contributed by atoms with van der Waals surface area (Å²) in [4.78, 5) is 21.5. The Morgan fingerprint density at radius 2 is 2.03 bits per heavy atom. The second kappa shape index (κ2) is 12.4. The van der Waals surface area contributed by atoms with Crippen molar-refractivity contribution in [3.63, 3.8) is 0 Å². The van der Waals surface area contributed by atoms with Gasteiger partial charge in [-0.1, -0.05) is 30.3 Å². The number of carbonyl (C=O) groups excluding carboxylic acids is 1. The molecule has 4 rings (SSSR count). The van der Waals surface area contributed by atoms with Gasteiger partial charge in [-0.2, -0.15) is 15.3 Å². The number of nitrogens with two attached hydrogens (primary N) is 2. The first-order chi connectivity index (χ1) is 18.9. The Morgan fingerprint density at radius 3 is 2.77 bits per heavy atom. The van der Waals surface area contributed by atoms with Gasteiger partial charge < -0.3 is 20.9 Å². The minimum absolute atomic E-state index is 0.105. The number of carbonyl (C=O) groups is 1. The molecule has 0 fully saturated rings. The van der Waals surface area contributed by atoms with E-state index < -0.39 is 0 Å². The molecule has 0 radical (unpaired) electrons. The van der Waals surface area contributed by atoms with Crippen LogP contribution < -0.4 is 20.9 Å². The van der Waals surface area contributed by atoms with E-state index in [4.69, 9.17) is 26.2 Å². The molecule has 1 aliphatic heterocycles. The zero-order valence-corrected chi connectivity index (χ0v) is 21.7. The molecule has 1 unspecified atom stereocenters. The predicted molar refractivity (Wildman–Crippen MR) is 150 cm³/mol. The summed E-state index contributed by atoms with van der Waals surface area (Å²) in [5.41, 5.74) is 15.8. The van der Waals surface area contributed by atoms with Gasteiger partial charge in [-0.25, -0.2) is 9.99 Å². The lowest BCUT2D eigenvalue weighted by Gasteiger charge is -2.31. The fourth-order valence-corrected chi connectivity index (χ4v) is 4.45. The summed E-state index contributed by atoms with van der Waals surface area (Å²) >= 11 is 0. The van der Waals surface area contributed by atoms with Gasteiger partial charge in [0.2, 0.25) is 5.95 Å². The zero-order chi connectivity index (χ0) is 27.8. The van der Waals surface area contributed by atoms with Gasteiger partial charge in [0.05, 0.1) is 32.5 Å². The SMILES string of the molecule is COc1cc(Cc2cnc(N)nc2N)cc(/C=C/C(=O)N2N=Cc3ccccc3C2CC/C=C\C#N)c1OC. The number of anilines is 2. The maximum absolute atomic E-state index is 13.4. The minimum Gasteiger partial charge on any atom is -0.493 e. The number of benzene rings is 2. The summed E-state index contributed by atoms with van der Waals surface area (Å²) in [5.74, 6) is 1.09. The third kappa shape index (κ3) is 6.22. The number of ether oxygens (including phenoxy) is 2. The number of hydrazone groups is 1.